The van der Waals surface area contributed by atoms with Gasteiger partial charge in [-0.15, -0.1) is 24.0 Å². The molecule has 0 bridgehead atoms. The van der Waals surface area contributed by atoms with Gasteiger partial charge in [0.1, 0.15) is 0 Å². The van der Waals surface area contributed by atoms with Crippen LogP contribution in [0.1, 0.15) is 38.7 Å². The molecule has 0 spiro atoms. The highest BCUT2D eigenvalue weighted by molar-refractivity contribution is 14.0. The maximum atomic E-state index is 11.7. The lowest BCUT2D eigenvalue weighted by molar-refractivity contribution is -0.116. The summed E-state index contributed by atoms with van der Waals surface area (Å²) >= 11 is 0. The van der Waals surface area contributed by atoms with Crippen LogP contribution < -0.4 is 25.4 Å². The van der Waals surface area contributed by atoms with Gasteiger partial charge in [-0.3, -0.25) is 4.79 Å². The van der Waals surface area contributed by atoms with Crippen molar-refractivity contribution in [1.82, 2.24) is 5.32 Å². The lowest BCUT2D eigenvalue weighted by Crippen LogP contribution is -2.30. The Bertz CT molecular complexity index is 872. The summed E-state index contributed by atoms with van der Waals surface area (Å²) in [5.74, 6) is 2.24. The van der Waals surface area contributed by atoms with Crippen LogP contribution in [0, 0.1) is 0 Å². The van der Waals surface area contributed by atoms with Crippen molar-refractivity contribution in [3.63, 3.8) is 0 Å². The van der Waals surface area contributed by atoms with Crippen molar-refractivity contribution < 1.29 is 14.3 Å². The Hall–Kier alpha value is -2.49. The summed E-state index contributed by atoms with van der Waals surface area (Å²) in [5.41, 5.74) is 2.74. The number of nitrogens with one attached hydrogen (secondary N) is 3. The Morgan fingerprint density at radius 3 is 2.39 bits per heavy atom. The SMILES string of the molecule is CCCC(=O)Nc1ccc(CN=C(NCC)Nc2ccc3c(c2)OCCCO3)cc1.I. The standard InChI is InChI=1S/C23H30N4O3.HI/c1-3-6-22(28)26-18-9-7-17(8-10-18)16-25-23(24-4-2)27-19-11-12-20-21(15-19)30-14-5-13-29-20;/h7-12,15H,3-6,13-14,16H2,1-2H3,(H,26,28)(H2,24,25,27);1H. The molecular formula is C23H31IN4O3. The van der Waals surface area contributed by atoms with Gasteiger partial charge in [-0.2, -0.15) is 0 Å². The number of halogens is 1. The fourth-order valence-electron chi connectivity index (χ4n) is 3.00. The molecule has 168 valence electrons. The van der Waals surface area contributed by atoms with Gasteiger partial charge in [-0.25, -0.2) is 4.99 Å². The molecule has 7 nitrogen and oxygen atoms in total. The van der Waals surface area contributed by atoms with Crippen molar-refractivity contribution in [3.8, 4) is 11.5 Å². The van der Waals surface area contributed by atoms with Crippen molar-refractivity contribution in [2.45, 2.75) is 39.7 Å². The van der Waals surface area contributed by atoms with E-state index in [1.54, 1.807) is 0 Å². The lowest BCUT2D eigenvalue weighted by Gasteiger charge is -2.14. The van der Waals surface area contributed by atoms with E-state index in [2.05, 4.69) is 20.9 Å². The minimum Gasteiger partial charge on any atom is -0.490 e. The Labute approximate surface area is 201 Å². The van der Waals surface area contributed by atoms with E-state index < -0.39 is 0 Å². The molecule has 0 unspecified atom stereocenters. The van der Waals surface area contributed by atoms with Crippen LogP contribution in [0.5, 0.6) is 11.5 Å². The number of hydrogen-bond donors (Lipinski definition) is 3. The van der Waals surface area contributed by atoms with E-state index in [9.17, 15) is 4.79 Å². The van der Waals surface area contributed by atoms with Crippen LogP contribution in [0.4, 0.5) is 11.4 Å². The van der Waals surface area contributed by atoms with E-state index in [0.717, 1.165) is 47.8 Å². The van der Waals surface area contributed by atoms with E-state index in [1.807, 2.05) is 56.3 Å². The number of fused-ring (bicyclic) bond motifs is 1. The number of carbonyl (C=O) groups excluding carboxylic acids is 1. The topological polar surface area (TPSA) is 84.0 Å². The third-order valence-electron chi connectivity index (χ3n) is 4.49. The van der Waals surface area contributed by atoms with Gasteiger partial charge < -0.3 is 25.4 Å². The molecule has 0 fully saturated rings. The minimum absolute atomic E-state index is 0. The maximum absolute atomic E-state index is 11.7. The third-order valence-corrected chi connectivity index (χ3v) is 4.49. The van der Waals surface area contributed by atoms with E-state index >= 15 is 0 Å². The fraction of sp³-hybridized carbons (Fsp3) is 0.391. The maximum Gasteiger partial charge on any atom is 0.224 e. The second-order valence-corrected chi connectivity index (χ2v) is 7.03. The van der Waals surface area contributed by atoms with Crippen LogP contribution in [0.3, 0.4) is 0 Å². The number of nitrogens with zero attached hydrogens (tertiary/aromatic N) is 1. The van der Waals surface area contributed by atoms with E-state index in [-0.39, 0.29) is 29.9 Å². The zero-order chi connectivity index (χ0) is 21.2. The first-order valence-corrected chi connectivity index (χ1v) is 10.5. The van der Waals surface area contributed by atoms with E-state index in [4.69, 9.17) is 9.47 Å². The molecule has 0 atom stereocenters. The Morgan fingerprint density at radius 2 is 1.68 bits per heavy atom. The van der Waals surface area contributed by atoms with Gasteiger partial charge in [0, 0.05) is 36.8 Å². The Balaban J connectivity index is 0.00000341. The summed E-state index contributed by atoms with van der Waals surface area (Å²) in [7, 11) is 0. The van der Waals surface area contributed by atoms with Gasteiger partial charge in [0.15, 0.2) is 17.5 Å². The number of ether oxygens (including phenoxy) is 2. The summed E-state index contributed by atoms with van der Waals surface area (Å²) in [5, 5.41) is 9.47. The quantitative estimate of drug-likeness (QED) is 0.269. The molecule has 0 saturated carbocycles. The Kier molecular flexibility index (Phi) is 10.4. The van der Waals surface area contributed by atoms with Gasteiger partial charge in [-0.05, 0) is 43.2 Å². The van der Waals surface area contributed by atoms with Crippen LogP contribution >= 0.6 is 24.0 Å². The number of hydrogen-bond acceptors (Lipinski definition) is 4. The predicted octanol–water partition coefficient (Wildman–Crippen LogP) is 4.78. The highest BCUT2D eigenvalue weighted by atomic mass is 127. The second kappa shape index (κ2) is 13.0. The molecule has 3 rings (SSSR count). The summed E-state index contributed by atoms with van der Waals surface area (Å²) < 4.78 is 11.4. The van der Waals surface area contributed by atoms with Gasteiger partial charge in [0.2, 0.25) is 5.91 Å². The highest BCUT2D eigenvalue weighted by Crippen LogP contribution is 2.32. The van der Waals surface area contributed by atoms with Crippen molar-refractivity contribution in [2.24, 2.45) is 4.99 Å². The molecule has 0 aromatic heterocycles. The summed E-state index contributed by atoms with van der Waals surface area (Å²) in [6, 6.07) is 13.6. The third kappa shape index (κ3) is 7.93. The molecule has 8 heteroatoms. The molecule has 0 aliphatic carbocycles. The fourth-order valence-corrected chi connectivity index (χ4v) is 3.00. The highest BCUT2D eigenvalue weighted by Gasteiger charge is 2.11. The van der Waals surface area contributed by atoms with E-state index in [0.29, 0.717) is 32.1 Å². The van der Waals surface area contributed by atoms with Gasteiger partial charge in [-0.1, -0.05) is 19.1 Å². The van der Waals surface area contributed by atoms with Gasteiger partial charge >= 0.3 is 0 Å². The normalized spacial score (nSPS) is 12.9. The van der Waals surface area contributed by atoms with Crippen molar-refractivity contribution in [3.05, 3.63) is 48.0 Å². The van der Waals surface area contributed by atoms with Crippen molar-refractivity contribution in [2.75, 3.05) is 30.4 Å². The Morgan fingerprint density at radius 1 is 0.968 bits per heavy atom. The summed E-state index contributed by atoms with van der Waals surface area (Å²) in [6.45, 7) is 6.61. The molecule has 1 aliphatic rings. The number of amides is 1. The van der Waals surface area contributed by atoms with Crippen LogP contribution in [0.2, 0.25) is 0 Å². The molecule has 2 aromatic rings. The monoisotopic (exact) mass is 538 g/mol. The lowest BCUT2D eigenvalue weighted by atomic mass is 10.2. The van der Waals surface area contributed by atoms with Crippen molar-refractivity contribution >= 4 is 47.2 Å². The van der Waals surface area contributed by atoms with Crippen LogP contribution in [-0.4, -0.2) is 31.6 Å². The molecule has 1 heterocycles. The molecule has 3 N–H and O–H groups in total. The number of aliphatic imine (C=N–C) groups is 1. The summed E-state index contributed by atoms with van der Waals surface area (Å²) in [6.07, 6.45) is 2.24. The molecule has 0 saturated heterocycles. The number of anilines is 2. The molecule has 2 aromatic carbocycles. The van der Waals surface area contributed by atoms with Gasteiger partial charge in [0.25, 0.3) is 0 Å². The zero-order valence-electron chi connectivity index (χ0n) is 18.1. The minimum atomic E-state index is 0. The van der Waals surface area contributed by atoms with Gasteiger partial charge in [0.05, 0.1) is 19.8 Å². The smallest absolute Gasteiger partial charge is 0.224 e. The largest absolute Gasteiger partial charge is 0.490 e. The average Bonchev–Trinajstić information content (AvgIpc) is 2.98. The number of benzene rings is 2. The summed E-state index contributed by atoms with van der Waals surface area (Å²) in [4.78, 5) is 16.4. The first-order chi connectivity index (χ1) is 14.7. The molecule has 1 aliphatic heterocycles. The predicted molar refractivity (Wildman–Crippen MR) is 136 cm³/mol. The van der Waals surface area contributed by atoms with E-state index in [1.165, 1.54) is 0 Å². The van der Waals surface area contributed by atoms with Crippen LogP contribution in [0.15, 0.2) is 47.5 Å². The van der Waals surface area contributed by atoms with Crippen LogP contribution in [0.25, 0.3) is 0 Å². The molecule has 0 radical (unpaired) electrons. The first-order valence-electron chi connectivity index (χ1n) is 10.5. The first kappa shape index (κ1) is 24.8. The number of guanidine groups is 1. The number of carbonyl (C=O) groups is 1. The zero-order valence-corrected chi connectivity index (χ0v) is 20.4. The van der Waals surface area contributed by atoms with Crippen LogP contribution in [-0.2, 0) is 11.3 Å². The molecule has 31 heavy (non-hydrogen) atoms. The van der Waals surface area contributed by atoms with Crippen molar-refractivity contribution in [1.29, 1.82) is 0 Å². The molecule has 1 amide bonds. The molecular weight excluding hydrogens is 507 g/mol. The number of rotatable bonds is 7. The second-order valence-electron chi connectivity index (χ2n) is 7.03. The average molecular weight is 538 g/mol.